The van der Waals surface area contributed by atoms with E-state index in [2.05, 4.69) is 19.9 Å². The van der Waals surface area contributed by atoms with Gasteiger partial charge in [0.15, 0.2) is 16.2 Å². The van der Waals surface area contributed by atoms with Crippen LogP contribution >= 0.6 is 12.2 Å². The molecule has 2 N–H and O–H groups in total. The Morgan fingerprint density at radius 2 is 2.08 bits per heavy atom. The van der Waals surface area contributed by atoms with E-state index in [4.69, 9.17) is 12.2 Å². The Kier molecular flexibility index (Phi) is 1.77. The van der Waals surface area contributed by atoms with Gasteiger partial charge in [-0.15, -0.1) is 0 Å². The molecule has 0 saturated carbocycles. The Morgan fingerprint density at radius 3 is 2.77 bits per heavy atom. The monoisotopic (exact) mass is 195 g/mol. The highest BCUT2D eigenvalue weighted by molar-refractivity contribution is 7.71. The number of aromatic nitrogens is 4. The van der Waals surface area contributed by atoms with Gasteiger partial charge in [-0.1, -0.05) is 0 Å². The van der Waals surface area contributed by atoms with Crippen molar-refractivity contribution < 1.29 is 0 Å². The highest BCUT2D eigenvalue weighted by atomic mass is 32.1. The Morgan fingerprint density at radius 1 is 1.31 bits per heavy atom. The van der Waals surface area contributed by atoms with E-state index in [1.54, 1.807) is 0 Å². The zero-order chi connectivity index (χ0) is 9.42. The van der Waals surface area contributed by atoms with Crippen molar-refractivity contribution in [3.05, 3.63) is 11.1 Å². The molecule has 5 nitrogen and oxygen atoms in total. The molecule has 0 bridgehead atoms. The zero-order valence-corrected chi connectivity index (χ0v) is 8.14. The fourth-order valence-corrected chi connectivity index (χ4v) is 1.38. The van der Waals surface area contributed by atoms with E-state index in [1.807, 2.05) is 19.0 Å². The number of hydrogen-bond donors (Lipinski definition) is 2. The van der Waals surface area contributed by atoms with Crippen molar-refractivity contribution in [1.82, 2.24) is 19.9 Å². The lowest BCUT2D eigenvalue weighted by molar-refractivity contribution is 1.06. The van der Waals surface area contributed by atoms with E-state index in [-0.39, 0.29) is 0 Å². The number of fused-ring (bicyclic) bond motifs is 1. The summed E-state index contributed by atoms with van der Waals surface area (Å²) in [5.74, 6) is 0.831. The molecule has 13 heavy (non-hydrogen) atoms. The normalized spacial score (nSPS) is 10.6. The Hall–Kier alpha value is -1.43. The van der Waals surface area contributed by atoms with Crippen LogP contribution < -0.4 is 4.90 Å². The lowest BCUT2D eigenvalue weighted by Gasteiger charge is -2.10. The lowest BCUT2D eigenvalue weighted by atomic mass is 10.5. The molecule has 2 heterocycles. The fraction of sp³-hybridized carbons (Fsp3) is 0.286. The van der Waals surface area contributed by atoms with Crippen LogP contribution in [0.4, 0.5) is 5.82 Å². The Labute approximate surface area is 79.8 Å². The van der Waals surface area contributed by atoms with Gasteiger partial charge in [0.25, 0.3) is 0 Å². The Bertz CT molecular complexity index is 483. The largest absolute Gasteiger partial charge is 0.361 e. The number of rotatable bonds is 1. The minimum atomic E-state index is 0.568. The minimum absolute atomic E-state index is 0.568. The summed E-state index contributed by atoms with van der Waals surface area (Å²) in [7, 11) is 3.84. The smallest absolute Gasteiger partial charge is 0.176 e. The first kappa shape index (κ1) is 8.18. The number of hydrogen-bond acceptors (Lipinski definition) is 4. The predicted octanol–water partition coefficient (Wildman–Crippen LogP) is 1.08. The predicted molar refractivity (Wildman–Crippen MR) is 53.4 cm³/mol. The van der Waals surface area contributed by atoms with Gasteiger partial charge in [-0.2, -0.15) is 0 Å². The molecule has 0 radical (unpaired) electrons. The molecular formula is C7H9N5S. The van der Waals surface area contributed by atoms with Crippen LogP contribution in [-0.2, 0) is 0 Å². The maximum absolute atomic E-state index is 4.96. The lowest BCUT2D eigenvalue weighted by Crippen LogP contribution is -2.11. The standard InChI is InChI=1S/C7H9N5S/c1-12(2)6-4-5(8-3-9-6)11-7(13)10-4/h3H,1-2H3,(H2,8,9,10,11,13). The summed E-state index contributed by atoms with van der Waals surface area (Å²) in [6.45, 7) is 0. The average Bonchev–Trinajstić information content (AvgIpc) is 2.43. The van der Waals surface area contributed by atoms with Crippen LogP contribution in [0.1, 0.15) is 0 Å². The van der Waals surface area contributed by atoms with Crippen LogP contribution in [0.25, 0.3) is 11.2 Å². The average molecular weight is 195 g/mol. The molecule has 0 fully saturated rings. The van der Waals surface area contributed by atoms with Gasteiger partial charge < -0.3 is 14.9 Å². The molecule has 2 rings (SSSR count). The first-order chi connectivity index (χ1) is 6.18. The second-order valence-corrected chi connectivity index (χ2v) is 3.30. The van der Waals surface area contributed by atoms with Crippen molar-refractivity contribution in [3.63, 3.8) is 0 Å². The third-order valence-electron chi connectivity index (χ3n) is 1.72. The number of aromatic amines is 2. The van der Waals surface area contributed by atoms with Gasteiger partial charge in [0.1, 0.15) is 11.8 Å². The van der Waals surface area contributed by atoms with E-state index in [0.717, 1.165) is 17.0 Å². The summed E-state index contributed by atoms with van der Waals surface area (Å²) < 4.78 is 0.568. The highest BCUT2D eigenvalue weighted by Crippen LogP contribution is 2.16. The topological polar surface area (TPSA) is 60.6 Å². The molecule has 0 unspecified atom stereocenters. The van der Waals surface area contributed by atoms with Crippen molar-refractivity contribution in [2.75, 3.05) is 19.0 Å². The van der Waals surface area contributed by atoms with Crippen LogP contribution in [0, 0.1) is 4.77 Å². The van der Waals surface area contributed by atoms with Gasteiger partial charge in [0.2, 0.25) is 0 Å². The molecule has 2 aromatic heterocycles. The van der Waals surface area contributed by atoms with Crippen molar-refractivity contribution in [2.45, 2.75) is 0 Å². The molecule has 0 aliphatic rings. The van der Waals surface area contributed by atoms with E-state index in [9.17, 15) is 0 Å². The Balaban J connectivity index is 2.82. The summed E-state index contributed by atoms with van der Waals surface area (Å²) in [6.07, 6.45) is 1.51. The van der Waals surface area contributed by atoms with Crippen molar-refractivity contribution in [1.29, 1.82) is 0 Å². The van der Waals surface area contributed by atoms with Gasteiger partial charge in [-0.05, 0) is 12.2 Å². The number of H-pyrrole nitrogens is 2. The van der Waals surface area contributed by atoms with Gasteiger partial charge in [-0.3, -0.25) is 0 Å². The SMILES string of the molecule is CN(C)c1ncnc2[nH]c(=S)[nH]c12. The van der Waals surface area contributed by atoms with E-state index < -0.39 is 0 Å². The van der Waals surface area contributed by atoms with Crippen LogP contribution in [-0.4, -0.2) is 34.0 Å². The van der Waals surface area contributed by atoms with Crippen molar-refractivity contribution in [2.24, 2.45) is 0 Å². The van der Waals surface area contributed by atoms with Gasteiger partial charge in [0.05, 0.1) is 0 Å². The van der Waals surface area contributed by atoms with Crippen molar-refractivity contribution in [3.8, 4) is 0 Å². The number of imidazole rings is 1. The van der Waals surface area contributed by atoms with E-state index >= 15 is 0 Å². The van der Waals surface area contributed by atoms with Crippen LogP contribution in [0.3, 0.4) is 0 Å². The molecular weight excluding hydrogens is 186 g/mol. The van der Waals surface area contributed by atoms with E-state index in [0.29, 0.717) is 4.77 Å². The summed E-state index contributed by atoms with van der Waals surface area (Å²) in [4.78, 5) is 16.0. The second-order valence-electron chi connectivity index (χ2n) is 2.89. The molecule has 0 atom stereocenters. The summed E-state index contributed by atoms with van der Waals surface area (Å²) in [6, 6.07) is 0. The number of nitrogens with one attached hydrogen (secondary N) is 2. The highest BCUT2D eigenvalue weighted by Gasteiger charge is 2.06. The third kappa shape index (κ3) is 1.29. The maximum atomic E-state index is 4.96. The first-order valence-corrected chi connectivity index (χ1v) is 4.19. The van der Waals surface area contributed by atoms with E-state index in [1.165, 1.54) is 6.33 Å². The van der Waals surface area contributed by atoms with Gasteiger partial charge in [-0.25, -0.2) is 9.97 Å². The summed E-state index contributed by atoms with van der Waals surface area (Å²) >= 11 is 4.96. The zero-order valence-electron chi connectivity index (χ0n) is 7.33. The molecule has 0 spiro atoms. The summed E-state index contributed by atoms with van der Waals surface area (Å²) in [5.41, 5.74) is 1.58. The minimum Gasteiger partial charge on any atom is -0.361 e. The fourth-order valence-electron chi connectivity index (χ4n) is 1.18. The van der Waals surface area contributed by atoms with Crippen LogP contribution in [0.15, 0.2) is 6.33 Å². The summed E-state index contributed by atoms with van der Waals surface area (Å²) in [5, 5.41) is 0. The molecule has 0 aliphatic carbocycles. The molecule has 68 valence electrons. The van der Waals surface area contributed by atoms with Gasteiger partial charge in [0, 0.05) is 14.1 Å². The number of nitrogens with zero attached hydrogens (tertiary/aromatic N) is 3. The third-order valence-corrected chi connectivity index (χ3v) is 1.93. The molecule has 2 aromatic rings. The molecule has 0 saturated heterocycles. The van der Waals surface area contributed by atoms with Crippen molar-refractivity contribution >= 4 is 29.2 Å². The molecule has 0 aromatic carbocycles. The number of anilines is 1. The maximum Gasteiger partial charge on any atom is 0.176 e. The molecule has 0 amide bonds. The van der Waals surface area contributed by atoms with Gasteiger partial charge >= 0.3 is 0 Å². The van der Waals surface area contributed by atoms with Crippen LogP contribution in [0.2, 0.25) is 0 Å². The second kappa shape index (κ2) is 2.81. The van der Waals surface area contributed by atoms with Crippen LogP contribution in [0.5, 0.6) is 0 Å². The first-order valence-electron chi connectivity index (χ1n) is 3.79. The molecule has 0 aliphatic heterocycles. The molecule has 6 heteroatoms. The quantitative estimate of drug-likeness (QED) is 0.668.